The molecule has 0 saturated carbocycles. The molecule has 0 heterocycles. The summed E-state index contributed by atoms with van der Waals surface area (Å²) in [6, 6.07) is 0. The van der Waals surface area contributed by atoms with Crippen molar-refractivity contribution in [2.75, 3.05) is 13.1 Å². The summed E-state index contributed by atoms with van der Waals surface area (Å²) in [5.74, 6) is -0.608. The van der Waals surface area contributed by atoms with Crippen LogP contribution in [0, 0.1) is 0 Å². The van der Waals surface area contributed by atoms with Crippen LogP contribution in [-0.4, -0.2) is 36.1 Å². The molecule has 0 aliphatic carbocycles. The van der Waals surface area contributed by atoms with Gasteiger partial charge in [0.1, 0.15) is 5.60 Å². The Morgan fingerprint density at radius 2 is 1.90 bits per heavy atom. The molecule has 0 aromatic heterocycles. The van der Waals surface area contributed by atoms with Crippen molar-refractivity contribution in [3.05, 3.63) is 24.9 Å². The summed E-state index contributed by atoms with van der Waals surface area (Å²) < 4.78 is 5.19. The second-order valence-corrected chi connectivity index (χ2v) is 5.97. The first-order valence-electron chi connectivity index (χ1n) is 6.79. The van der Waals surface area contributed by atoms with Crippen molar-refractivity contribution in [1.82, 2.24) is 10.6 Å². The summed E-state index contributed by atoms with van der Waals surface area (Å²) in [6.45, 7) is 14.4. The van der Waals surface area contributed by atoms with Crippen LogP contribution in [0.15, 0.2) is 24.9 Å². The third-order valence-corrected chi connectivity index (χ3v) is 2.64. The topological polar surface area (TPSA) is 93.5 Å². The molecule has 6 nitrogen and oxygen atoms in total. The van der Waals surface area contributed by atoms with Crippen LogP contribution in [0.25, 0.3) is 0 Å². The number of carbonyl (C=O) groups excluding carboxylic acids is 2. The number of amides is 1. The first kappa shape index (κ1) is 19.2. The van der Waals surface area contributed by atoms with E-state index in [4.69, 9.17) is 10.5 Å². The first-order chi connectivity index (χ1) is 9.52. The number of esters is 1. The highest BCUT2D eigenvalue weighted by Gasteiger charge is 2.31. The molecule has 120 valence electrons. The molecule has 1 atom stereocenters. The molecule has 0 aromatic rings. The van der Waals surface area contributed by atoms with Crippen molar-refractivity contribution in [1.29, 1.82) is 0 Å². The number of hydrogen-bond acceptors (Lipinski definition) is 5. The highest BCUT2D eigenvalue weighted by molar-refractivity contribution is 5.74. The molecule has 4 N–H and O–H groups in total. The van der Waals surface area contributed by atoms with E-state index in [1.165, 1.54) is 6.92 Å². The molecule has 0 rings (SSSR count). The molecule has 0 bridgehead atoms. The number of nitrogens with one attached hydrogen (secondary N) is 2. The maximum Gasteiger partial charge on any atom is 0.320 e. The van der Waals surface area contributed by atoms with Crippen LogP contribution in [0.3, 0.4) is 0 Å². The third-order valence-electron chi connectivity index (χ3n) is 2.64. The lowest BCUT2D eigenvalue weighted by atomic mass is 9.91. The summed E-state index contributed by atoms with van der Waals surface area (Å²) in [4.78, 5) is 23.0. The van der Waals surface area contributed by atoms with Gasteiger partial charge in [0.25, 0.3) is 0 Å². The smallest absolute Gasteiger partial charge is 0.320 e. The van der Waals surface area contributed by atoms with Gasteiger partial charge in [0.05, 0.1) is 12.1 Å². The van der Waals surface area contributed by atoms with Crippen LogP contribution in [0.1, 0.15) is 34.1 Å². The number of rotatable bonds is 8. The van der Waals surface area contributed by atoms with Crippen molar-refractivity contribution in [2.24, 2.45) is 5.73 Å². The van der Waals surface area contributed by atoms with Crippen molar-refractivity contribution < 1.29 is 14.3 Å². The standard InChI is InChI=1S/C15H27N3O3/c1-7-8-15(11(2)16,18-12(3)19)10-17-9-13(20)21-14(4,5)6/h7,17H,1-2,8-10,16H2,3-6H3,(H,18,19). The molecule has 0 aliphatic heterocycles. The summed E-state index contributed by atoms with van der Waals surface area (Å²) in [5.41, 5.74) is 4.71. The molecule has 6 heteroatoms. The monoisotopic (exact) mass is 297 g/mol. The van der Waals surface area contributed by atoms with E-state index in [9.17, 15) is 9.59 Å². The second kappa shape index (κ2) is 7.83. The van der Waals surface area contributed by atoms with Crippen LogP contribution in [0.5, 0.6) is 0 Å². The van der Waals surface area contributed by atoms with Gasteiger partial charge in [-0.25, -0.2) is 0 Å². The number of ether oxygens (including phenoxy) is 1. The molecular formula is C15H27N3O3. The summed E-state index contributed by atoms with van der Waals surface area (Å²) in [6.07, 6.45) is 2.05. The highest BCUT2D eigenvalue weighted by atomic mass is 16.6. The fourth-order valence-corrected chi connectivity index (χ4v) is 1.83. The highest BCUT2D eigenvalue weighted by Crippen LogP contribution is 2.16. The molecule has 21 heavy (non-hydrogen) atoms. The summed E-state index contributed by atoms with van der Waals surface area (Å²) in [5, 5.41) is 5.71. The van der Waals surface area contributed by atoms with Crippen molar-refractivity contribution in [3.63, 3.8) is 0 Å². The fraction of sp³-hybridized carbons (Fsp3) is 0.600. The molecule has 0 radical (unpaired) electrons. The van der Waals surface area contributed by atoms with Crippen molar-refractivity contribution in [3.8, 4) is 0 Å². The zero-order valence-corrected chi connectivity index (χ0v) is 13.4. The van der Waals surface area contributed by atoms with Gasteiger partial charge < -0.3 is 21.1 Å². The van der Waals surface area contributed by atoms with Gasteiger partial charge in [-0.3, -0.25) is 9.59 Å². The second-order valence-electron chi connectivity index (χ2n) is 5.97. The molecule has 0 aliphatic rings. The largest absolute Gasteiger partial charge is 0.459 e. The predicted molar refractivity (Wildman–Crippen MR) is 83.4 cm³/mol. The predicted octanol–water partition coefficient (Wildman–Crippen LogP) is 0.841. The average molecular weight is 297 g/mol. The number of carbonyl (C=O) groups is 2. The molecule has 0 fully saturated rings. The SMILES string of the molecule is C=CCC(CNCC(=O)OC(C)(C)C)(NC(C)=O)C(=C)N. The minimum atomic E-state index is -0.865. The van der Waals surface area contributed by atoms with E-state index >= 15 is 0 Å². The zero-order valence-electron chi connectivity index (χ0n) is 13.4. The Balaban J connectivity index is 4.69. The van der Waals surface area contributed by atoms with E-state index in [0.29, 0.717) is 12.1 Å². The van der Waals surface area contributed by atoms with Crippen LogP contribution < -0.4 is 16.4 Å². The zero-order chi connectivity index (χ0) is 16.7. The molecule has 0 saturated heterocycles. The number of nitrogens with two attached hydrogens (primary N) is 1. The van der Waals surface area contributed by atoms with E-state index in [1.54, 1.807) is 26.8 Å². The molecule has 1 amide bonds. The Hall–Kier alpha value is -1.82. The molecular weight excluding hydrogens is 270 g/mol. The Kier molecular flexibility index (Phi) is 7.15. The van der Waals surface area contributed by atoms with Crippen molar-refractivity contribution >= 4 is 11.9 Å². The lowest BCUT2D eigenvalue weighted by molar-refractivity contribution is -0.153. The number of hydrogen-bond donors (Lipinski definition) is 3. The quantitative estimate of drug-likeness (QED) is 0.456. The molecule has 0 aromatic carbocycles. The van der Waals surface area contributed by atoms with Crippen LogP contribution in [0.4, 0.5) is 0 Å². The minimum Gasteiger partial charge on any atom is -0.459 e. The van der Waals surface area contributed by atoms with Gasteiger partial charge in [-0.1, -0.05) is 12.7 Å². The van der Waals surface area contributed by atoms with Crippen molar-refractivity contribution in [2.45, 2.75) is 45.3 Å². The van der Waals surface area contributed by atoms with Gasteiger partial charge >= 0.3 is 5.97 Å². The molecule has 1 unspecified atom stereocenters. The van der Waals surface area contributed by atoms with Gasteiger partial charge in [0.15, 0.2) is 0 Å². The van der Waals surface area contributed by atoms with Gasteiger partial charge in [0, 0.05) is 19.2 Å². The Morgan fingerprint density at radius 3 is 2.29 bits per heavy atom. The maximum absolute atomic E-state index is 11.6. The van der Waals surface area contributed by atoms with Gasteiger partial charge in [0.2, 0.25) is 5.91 Å². The van der Waals surface area contributed by atoms with E-state index < -0.39 is 11.1 Å². The van der Waals surface area contributed by atoms with Gasteiger partial charge in [-0.15, -0.1) is 6.58 Å². The van der Waals surface area contributed by atoms with E-state index in [0.717, 1.165) is 0 Å². The van der Waals surface area contributed by atoms with E-state index in [1.807, 2.05) is 0 Å². The fourth-order valence-electron chi connectivity index (χ4n) is 1.83. The molecule has 0 spiro atoms. The first-order valence-corrected chi connectivity index (χ1v) is 6.79. The minimum absolute atomic E-state index is 0.0169. The Bertz CT molecular complexity index is 413. The van der Waals surface area contributed by atoms with Gasteiger partial charge in [-0.05, 0) is 27.2 Å². The normalized spacial score (nSPS) is 13.9. The van der Waals surface area contributed by atoms with E-state index in [-0.39, 0.29) is 25.0 Å². The van der Waals surface area contributed by atoms with Crippen LogP contribution in [0.2, 0.25) is 0 Å². The lowest BCUT2D eigenvalue weighted by Gasteiger charge is -2.34. The summed E-state index contributed by atoms with van der Waals surface area (Å²) in [7, 11) is 0. The third kappa shape index (κ3) is 7.51. The summed E-state index contributed by atoms with van der Waals surface area (Å²) >= 11 is 0. The van der Waals surface area contributed by atoms with Crippen LogP contribution in [-0.2, 0) is 14.3 Å². The van der Waals surface area contributed by atoms with Gasteiger partial charge in [-0.2, -0.15) is 0 Å². The maximum atomic E-state index is 11.6. The Morgan fingerprint density at radius 1 is 1.33 bits per heavy atom. The Labute approximate surface area is 126 Å². The average Bonchev–Trinajstić information content (AvgIpc) is 2.25. The van der Waals surface area contributed by atoms with E-state index in [2.05, 4.69) is 23.8 Å². The van der Waals surface area contributed by atoms with Crippen LogP contribution >= 0.6 is 0 Å². The lowest BCUT2D eigenvalue weighted by Crippen LogP contribution is -2.57.